The van der Waals surface area contributed by atoms with Gasteiger partial charge in [0.25, 0.3) is 0 Å². The maximum Gasteiger partial charge on any atom is 0.0385 e. The van der Waals surface area contributed by atoms with E-state index in [9.17, 15) is 0 Å². The second-order valence-corrected chi connectivity index (χ2v) is 5.79. The Morgan fingerprint density at radius 1 is 0.885 bits per heavy atom. The molecule has 0 amide bonds. The van der Waals surface area contributed by atoms with E-state index in [0.29, 0.717) is 0 Å². The zero-order chi connectivity index (χ0) is 19.2. The van der Waals surface area contributed by atoms with Gasteiger partial charge in [0.05, 0.1) is 0 Å². The van der Waals surface area contributed by atoms with Crippen LogP contribution in [0.4, 0.5) is 17.1 Å². The van der Waals surface area contributed by atoms with E-state index >= 15 is 0 Å². The molecule has 0 aliphatic carbocycles. The molecule has 0 bridgehead atoms. The van der Waals surface area contributed by atoms with Gasteiger partial charge in [-0.25, -0.2) is 0 Å². The van der Waals surface area contributed by atoms with Crippen LogP contribution in [0.2, 0.25) is 0 Å². The molecular weight excluding hydrogens is 316 g/mol. The quantitative estimate of drug-likeness (QED) is 0.503. The lowest BCUT2D eigenvalue weighted by atomic mass is 10.2. The smallest absolute Gasteiger partial charge is 0.0385 e. The third-order valence-corrected chi connectivity index (χ3v) is 3.55. The van der Waals surface area contributed by atoms with Crippen molar-refractivity contribution in [3.05, 3.63) is 90.2 Å². The third kappa shape index (κ3) is 8.39. The summed E-state index contributed by atoms with van der Waals surface area (Å²) in [5.41, 5.74) is 5.75. The standard InChI is InChI=1S/C22H26N2.C2H6/c1-4-5-7-18(2)8-6-17-23-20-13-15-22(16-14-20)24-21-11-9-19(3)10-12-21;1-2/h5-17,23-24H,4H2,1-3H3;1-2H3/b7-5-,17-6+,18-8-;. The highest BCUT2D eigenvalue weighted by Gasteiger charge is 1.95. The second-order valence-electron chi connectivity index (χ2n) is 5.79. The van der Waals surface area contributed by atoms with Gasteiger partial charge in [-0.1, -0.05) is 62.3 Å². The first kappa shape index (κ1) is 21.3. The minimum Gasteiger partial charge on any atom is -0.362 e. The first-order valence-electron chi connectivity index (χ1n) is 9.37. The maximum absolute atomic E-state index is 3.40. The van der Waals surface area contributed by atoms with Gasteiger partial charge < -0.3 is 10.6 Å². The van der Waals surface area contributed by atoms with Gasteiger partial charge in [0.2, 0.25) is 0 Å². The highest BCUT2D eigenvalue weighted by Crippen LogP contribution is 2.19. The number of benzene rings is 2. The fourth-order valence-corrected chi connectivity index (χ4v) is 2.16. The monoisotopic (exact) mass is 348 g/mol. The Kier molecular flexibility index (Phi) is 10.3. The molecule has 0 fully saturated rings. The Bertz CT molecular complexity index is 705. The van der Waals surface area contributed by atoms with Crippen molar-refractivity contribution >= 4 is 17.1 Å². The molecular formula is C24H32N2. The van der Waals surface area contributed by atoms with Crippen molar-refractivity contribution in [2.45, 2.75) is 41.0 Å². The first-order chi connectivity index (χ1) is 12.7. The summed E-state index contributed by atoms with van der Waals surface area (Å²) in [4.78, 5) is 0. The normalized spacial score (nSPS) is 11.3. The molecule has 2 nitrogen and oxygen atoms in total. The van der Waals surface area contributed by atoms with Crippen molar-refractivity contribution in [1.82, 2.24) is 0 Å². The van der Waals surface area contributed by atoms with Gasteiger partial charge >= 0.3 is 0 Å². The number of anilines is 3. The minimum atomic E-state index is 1.07. The number of aryl methyl sites for hydroxylation is 1. The lowest BCUT2D eigenvalue weighted by Gasteiger charge is -2.08. The van der Waals surface area contributed by atoms with Gasteiger partial charge in [-0.3, -0.25) is 0 Å². The summed E-state index contributed by atoms with van der Waals surface area (Å²) >= 11 is 0. The maximum atomic E-state index is 3.40. The molecule has 0 spiro atoms. The molecule has 2 heteroatoms. The SMILES string of the molecule is CC.CC\C=C/C(C)=C\C=C\Nc1ccc(Nc2ccc(C)cc2)cc1. The fourth-order valence-electron chi connectivity index (χ4n) is 2.16. The Labute approximate surface area is 159 Å². The molecule has 26 heavy (non-hydrogen) atoms. The van der Waals surface area contributed by atoms with Crippen LogP contribution in [0.5, 0.6) is 0 Å². The first-order valence-corrected chi connectivity index (χ1v) is 9.37. The van der Waals surface area contributed by atoms with Crippen LogP contribution in [0, 0.1) is 6.92 Å². The zero-order valence-electron chi connectivity index (χ0n) is 16.7. The van der Waals surface area contributed by atoms with Crippen LogP contribution in [-0.2, 0) is 0 Å². The van der Waals surface area contributed by atoms with Crippen molar-refractivity contribution in [1.29, 1.82) is 0 Å². The molecule has 138 valence electrons. The van der Waals surface area contributed by atoms with Crippen LogP contribution in [0.15, 0.2) is 84.6 Å². The molecule has 2 N–H and O–H groups in total. The lowest BCUT2D eigenvalue weighted by molar-refractivity contribution is 1.22. The Morgan fingerprint density at radius 3 is 2.00 bits per heavy atom. The third-order valence-electron chi connectivity index (χ3n) is 3.55. The molecule has 2 aromatic rings. The Balaban J connectivity index is 0.00000163. The van der Waals surface area contributed by atoms with E-state index < -0.39 is 0 Å². The zero-order valence-corrected chi connectivity index (χ0v) is 16.7. The topological polar surface area (TPSA) is 24.1 Å². The molecule has 0 radical (unpaired) electrons. The Morgan fingerprint density at radius 2 is 1.42 bits per heavy atom. The van der Waals surface area contributed by atoms with Crippen LogP contribution in [-0.4, -0.2) is 0 Å². The molecule has 0 atom stereocenters. The summed E-state index contributed by atoms with van der Waals surface area (Å²) in [5, 5.41) is 6.67. The summed E-state index contributed by atoms with van der Waals surface area (Å²) in [5.74, 6) is 0. The average molecular weight is 349 g/mol. The van der Waals surface area contributed by atoms with E-state index in [1.165, 1.54) is 11.1 Å². The van der Waals surface area contributed by atoms with Gasteiger partial charge in [-0.05, 0) is 62.7 Å². The van der Waals surface area contributed by atoms with Crippen LogP contribution in [0.25, 0.3) is 0 Å². The lowest BCUT2D eigenvalue weighted by Crippen LogP contribution is -1.91. The average Bonchev–Trinajstić information content (AvgIpc) is 2.68. The van der Waals surface area contributed by atoms with E-state index in [0.717, 1.165) is 23.5 Å². The second kappa shape index (κ2) is 12.6. The van der Waals surface area contributed by atoms with Crippen molar-refractivity contribution in [3.8, 4) is 0 Å². The van der Waals surface area contributed by atoms with Crippen molar-refractivity contribution in [2.75, 3.05) is 10.6 Å². The highest BCUT2D eigenvalue weighted by molar-refractivity contribution is 5.63. The summed E-state index contributed by atoms with van der Waals surface area (Å²) in [7, 11) is 0. The summed E-state index contributed by atoms with van der Waals surface area (Å²) in [6.07, 6.45) is 11.4. The van der Waals surface area contributed by atoms with E-state index in [1.807, 2.05) is 26.1 Å². The predicted molar refractivity (Wildman–Crippen MR) is 118 cm³/mol. The number of rotatable bonds is 7. The van der Waals surface area contributed by atoms with Gasteiger partial charge in [-0.2, -0.15) is 0 Å². The van der Waals surface area contributed by atoms with Crippen LogP contribution in [0.3, 0.4) is 0 Å². The van der Waals surface area contributed by atoms with Crippen molar-refractivity contribution in [3.63, 3.8) is 0 Å². The fraction of sp³-hybridized carbons (Fsp3) is 0.250. The van der Waals surface area contributed by atoms with Gasteiger partial charge in [0, 0.05) is 23.3 Å². The van der Waals surface area contributed by atoms with Crippen LogP contribution < -0.4 is 10.6 Å². The number of nitrogens with one attached hydrogen (secondary N) is 2. The molecule has 0 saturated carbocycles. The van der Waals surface area contributed by atoms with Crippen molar-refractivity contribution < 1.29 is 0 Å². The number of hydrogen-bond acceptors (Lipinski definition) is 2. The summed E-state index contributed by atoms with van der Waals surface area (Å²) < 4.78 is 0. The molecule has 0 heterocycles. The van der Waals surface area contributed by atoms with E-state index in [2.05, 4.69) is 98.2 Å². The van der Waals surface area contributed by atoms with Crippen LogP contribution >= 0.6 is 0 Å². The van der Waals surface area contributed by atoms with E-state index in [1.54, 1.807) is 0 Å². The van der Waals surface area contributed by atoms with E-state index in [4.69, 9.17) is 0 Å². The summed E-state index contributed by atoms with van der Waals surface area (Å²) in [6, 6.07) is 16.7. The molecule has 0 saturated heterocycles. The molecule has 2 rings (SSSR count). The minimum absolute atomic E-state index is 1.07. The highest BCUT2D eigenvalue weighted by atomic mass is 14.9. The van der Waals surface area contributed by atoms with Crippen LogP contribution in [0.1, 0.15) is 39.7 Å². The van der Waals surface area contributed by atoms with Gasteiger partial charge in [0.15, 0.2) is 0 Å². The molecule has 2 aromatic carbocycles. The van der Waals surface area contributed by atoms with Gasteiger partial charge in [0.1, 0.15) is 0 Å². The Hall–Kier alpha value is -2.74. The molecule has 0 aromatic heterocycles. The van der Waals surface area contributed by atoms with Gasteiger partial charge in [-0.15, -0.1) is 0 Å². The largest absolute Gasteiger partial charge is 0.362 e. The molecule has 0 aliphatic heterocycles. The number of allylic oxidation sites excluding steroid dienone is 5. The predicted octanol–water partition coefficient (Wildman–Crippen LogP) is 7.60. The van der Waals surface area contributed by atoms with E-state index in [-0.39, 0.29) is 0 Å². The summed E-state index contributed by atoms with van der Waals surface area (Å²) in [6.45, 7) is 10.3. The molecule has 0 unspecified atom stereocenters. The number of hydrogen-bond donors (Lipinski definition) is 2. The molecule has 0 aliphatic rings. The van der Waals surface area contributed by atoms with Crippen molar-refractivity contribution in [2.24, 2.45) is 0 Å².